The fourth-order valence-electron chi connectivity index (χ4n) is 2.62. The molecule has 0 aromatic heterocycles. The van der Waals surface area contributed by atoms with Gasteiger partial charge in [-0.15, -0.1) is 0 Å². The Hall–Kier alpha value is -1.29. The van der Waals surface area contributed by atoms with Gasteiger partial charge in [-0.1, -0.05) is 13.2 Å². The van der Waals surface area contributed by atoms with Crippen LogP contribution >= 0.6 is 0 Å². The van der Waals surface area contributed by atoms with Gasteiger partial charge in [-0.3, -0.25) is 4.90 Å². The maximum Gasteiger partial charge on any atom is 0.292 e. The molecule has 1 heterocycles. The van der Waals surface area contributed by atoms with Gasteiger partial charge in [0.05, 0.1) is 5.70 Å². The van der Waals surface area contributed by atoms with E-state index in [1.807, 2.05) is 19.0 Å². The molecule has 0 aromatic carbocycles. The SMILES string of the molecule is C=CC(=C)N=C(OC[C@@H]1[C@H]2C[C@H]2CN1C)N(C)C. The number of allylic oxidation sites excluding steroid dienone is 1. The summed E-state index contributed by atoms with van der Waals surface area (Å²) in [6.45, 7) is 9.37. The molecule has 0 unspecified atom stereocenters. The lowest BCUT2D eigenvalue weighted by molar-refractivity contribution is 0.152. The molecule has 0 radical (unpaired) electrons. The van der Waals surface area contributed by atoms with E-state index in [1.54, 1.807) is 6.08 Å². The molecule has 18 heavy (non-hydrogen) atoms. The lowest BCUT2D eigenvalue weighted by Crippen LogP contribution is -2.36. The third kappa shape index (κ3) is 2.75. The van der Waals surface area contributed by atoms with Gasteiger partial charge >= 0.3 is 0 Å². The molecule has 1 saturated carbocycles. The van der Waals surface area contributed by atoms with Crippen LogP contribution in [0, 0.1) is 11.8 Å². The molecule has 0 N–H and O–H groups in total. The second-order valence-electron chi connectivity index (χ2n) is 5.46. The van der Waals surface area contributed by atoms with Gasteiger partial charge in [0.15, 0.2) is 0 Å². The Morgan fingerprint density at radius 3 is 2.78 bits per heavy atom. The first kappa shape index (κ1) is 13.1. The van der Waals surface area contributed by atoms with E-state index in [0.29, 0.717) is 24.4 Å². The Balaban J connectivity index is 1.91. The fourth-order valence-corrected chi connectivity index (χ4v) is 2.62. The number of hydrogen-bond acceptors (Lipinski definition) is 3. The molecule has 1 aliphatic carbocycles. The number of amidine groups is 1. The smallest absolute Gasteiger partial charge is 0.292 e. The van der Waals surface area contributed by atoms with Crippen LogP contribution in [0.15, 0.2) is 29.9 Å². The van der Waals surface area contributed by atoms with Crippen molar-refractivity contribution in [2.75, 3.05) is 34.3 Å². The number of piperidine rings is 1. The molecule has 4 nitrogen and oxygen atoms in total. The molecule has 1 saturated heterocycles. The van der Waals surface area contributed by atoms with Crippen LogP contribution in [0.5, 0.6) is 0 Å². The van der Waals surface area contributed by atoms with Gasteiger partial charge < -0.3 is 9.64 Å². The Kier molecular flexibility index (Phi) is 3.76. The van der Waals surface area contributed by atoms with Crippen molar-refractivity contribution in [1.29, 1.82) is 0 Å². The molecule has 100 valence electrons. The zero-order chi connectivity index (χ0) is 13.3. The highest BCUT2D eigenvalue weighted by Crippen LogP contribution is 2.48. The number of likely N-dealkylation sites (tertiary alicyclic amines) is 1. The van der Waals surface area contributed by atoms with E-state index < -0.39 is 0 Å². The van der Waals surface area contributed by atoms with Crippen LogP contribution in [0.1, 0.15) is 6.42 Å². The van der Waals surface area contributed by atoms with Gasteiger partial charge in [0.2, 0.25) is 0 Å². The third-order valence-electron chi connectivity index (χ3n) is 3.80. The van der Waals surface area contributed by atoms with Crippen molar-refractivity contribution in [1.82, 2.24) is 9.80 Å². The van der Waals surface area contributed by atoms with E-state index >= 15 is 0 Å². The summed E-state index contributed by atoms with van der Waals surface area (Å²) in [4.78, 5) is 8.57. The van der Waals surface area contributed by atoms with Crippen LogP contribution in [0.25, 0.3) is 0 Å². The van der Waals surface area contributed by atoms with E-state index in [1.165, 1.54) is 13.0 Å². The van der Waals surface area contributed by atoms with Gasteiger partial charge in [0, 0.05) is 26.7 Å². The summed E-state index contributed by atoms with van der Waals surface area (Å²) in [6.07, 6.45) is 3.00. The van der Waals surface area contributed by atoms with Gasteiger partial charge in [0.25, 0.3) is 6.02 Å². The predicted octanol–water partition coefficient (Wildman–Crippen LogP) is 1.57. The van der Waals surface area contributed by atoms with E-state index in [0.717, 1.165) is 11.8 Å². The highest BCUT2D eigenvalue weighted by molar-refractivity contribution is 5.74. The monoisotopic (exact) mass is 249 g/mol. The highest BCUT2D eigenvalue weighted by atomic mass is 16.5. The lowest BCUT2D eigenvalue weighted by Gasteiger charge is -2.24. The molecule has 2 rings (SSSR count). The van der Waals surface area contributed by atoms with Crippen molar-refractivity contribution in [2.45, 2.75) is 12.5 Å². The average Bonchev–Trinajstić information content (AvgIpc) is 2.99. The molecule has 0 bridgehead atoms. The second-order valence-corrected chi connectivity index (χ2v) is 5.46. The summed E-state index contributed by atoms with van der Waals surface area (Å²) in [5.74, 6) is 1.74. The number of rotatable bonds is 4. The molecule has 0 spiro atoms. The first-order chi connectivity index (χ1) is 8.52. The quantitative estimate of drug-likeness (QED) is 0.430. The van der Waals surface area contributed by atoms with Crippen molar-refractivity contribution < 1.29 is 4.74 Å². The fraction of sp³-hybridized carbons (Fsp3) is 0.643. The Labute approximate surface area is 110 Å². The van der Waals surface area contributed by atoms with Crippen molar-refractivity contribution >= 4 is 6.02 Å². The zero-order valence-electron chi connectivity index (χ0n) is 11.6. The molecule has 2 aliphatic rings. The maximum atomic E-state index is 5.85. The van der Waals surface area contributed by atoms with Crippen LogP contribution < -0.4 is 0 Å². The summed E-state index contributed by atoms with van der Waals surface area (Å²) in [5.41, 5.74) is 0.628. The minimum atomic E-state index is 0.539. The number of nitrogens with zero attached hydrogens (tertiary/aromatic N) is 3. The highest BCUT2D eigenvalue weighted by Gasteiger charge is 2.51. The molecule has 0 aromatic rings. The Morgan fingerprint density at radius 1 is 1.56 bits per heavy atom. The first-order valence-electron chi connectivity index (χ1n) is 6.43. The van der Waals surface area contributed by atoms with Crippen LogP contribution in [0.4, 0.5) is 0 Å². The minimum absolute atomic E-state index is 0.539. The molecule has 1 aliphatic heterocycles. The molecule has 4 heteroatoms. The largest absolute Gasteiger partial charge is 0.463 e. The topological polar surface area (TPSA) is 28.1 Å². The molecular weight excluding hydrogens is 226 g/mol. The summed E-state index contributed by atoms with van der Waals surface area (Å²) in [7, 11) is 6.02. The van der Waals surface area contributed by atoms with Crippen molar-refractivity contribution in [3.63, 3.8) is 0 Å². The van der Waals surface area contributed by atoms with E-state index in [4.69, 9.17) is 4.74 Å². The summed E-state index contributed by atoms with van der Waals surface area (Å²) in [6, 6.07) is 1.15. The number of hydrogen-bond donors (Lipinski definition) is 0. The molecule has 2 fully saturated rings. The van der Waals surface area contributed by atoms with E-state index in [9.17, 15) is 0 Å². The van der Waals surface area contributed by atoms with Gasteiger partial charge in [0.1, 0.15) is 6.61 Å². The number of aliphatic imine (C=N–C) groups is 1. The van der Waals surface area contributed by atoms with Crippen molar-refractivity contribution in [3.05, 3.63) is 24.9 Å². The van der Waals surface area contributed by atoms with Crippen LogP contribution in [-0.2, 0) is 4.74 Å². The van der Waals surface area contributed by atoms with Gasteiger partial charge in [-0.2, -0.15) is 4.99 Å². The van der Waals surface area contributed by atoms with Crippen molar-refractivity contribution in [2.24, 2.45) is 16.8 Å². The Morgan fingerprint density at radius 2 is 2.28 bits per heavy atom. The number of likely N-dealkylation sites (N-methyl/N-ethyl adjacent to an activating group) is 1. The standard InChI is InChI=1S/C14H23N3O/c1-6-10(2)15-14(16(3)4)18-9-13-12-7-11(12)8-17(13)5/h6,11-13H,1-2,7-9H2,3-5H3/t11-,12-,13+/m0/s1. The van der Waals surface area contributed by atoms with Crippen LogP contribution in [0.3, 0.4) is 0 Å². The normalized spacial score (nSPS) is 30.8. The lowest BCUT2D eigenvalue weighted by atomic mass is 10.2. The van der Waals surface area contributed by atoms with Crippen LogP contribution in [0.2, 0.25) is 0 Å². The maximum absolute atomic E-state index is 5.85. The Bertz CT molecular complexity index is 373. The first-order valence-corrected chi connectivity index (χ1v) is 6.43. The number of fused-ring (bicyclic) bond motifs is 1. The third-order valence-corrected chi connectivity index (χ3v) is 3.80. The van der Waals surface area contributed by atoms with Gasteiger partial charge in [-0.25, -0.2) is 0 Å². The molecule has 3 atom stereocenters. The second kappa shape index (κ2) is 5.14. The summed E-state index contributed by atoms with van der Waals surface area (Å²) >= 11 is 0. The van der Waals surface area contributed by atoms with Crippen molar-refractivity contribution in [3.8, 4) is 0 Å². The van der Waals surface area contributed by atoms with Gasteiger partial charge in [-0.05, 0) is 31.4 Å². The van der Waals surface area contributed by atoms with E-state index in [2.05, 4.69) is 30.1 Å². The molecule has 0 amide bonds. The minimum Gasteiger partial charge on any atom is -0.463 e. The molecular formula is C14H23N3O. The summed E-state index contributed by atoms with van der Waals surface area (Å²) < 4.78 is 5.85. The van der Waals surface area contributed by atoms with Crippen LogP contribution in [-0.4, -0.2) is 56.2 Å². The zero-order valence-corrected chi connectivity index (χ0v) is 11.6. The predicted molar refractivity (Wildman–Crippen MR) is 74.4 cm³/mol. The summed E-state index contributed by atoms with van der Waals surface area (Å²) in [5, 5.41) is 0. The number of ether oxygens (including phenoxy) is 1. The van der Waals surface area contributed by atoms with E-state index in [-0.39, 0.29) is 0 Å². The average molecular weight is 249 g/mol.